The van der Waals surface area contributed by atoms with Crippen molar-refractivity contribution in [1.82, 2.24) is 0 Å². The Bertz CT molecular complexity index is 749. The molecule has 2 aromatic rings. The smallest absolute Gasteiger partial charge is 0.260 e. The number of nitrogens with one attached hydrogen (secondary N) is 1. The van der Waals surface area contributed by atoms with Crippen molar-refractivity contribution in [3.63, 3.8) is 0 Å². The third kappa shape index (κ3) is 4.38. The maximum atomic E-state index is 9.59. The number of methoxy groups -OCH3 is 1. The van der Waals surface area contributed by atoms with Gasteiger partial charge in [0, 0.05) is 11.3 Å². The molecule has 0 heterocycles. The fourth-order valence-electron chi connectivity index (χ4n) is 2.25. The minimum Gasteiger partial charge on any atom is -0.487 e. The summed E-state index contributed by atoms with van der Waals surface area (Å²) in [6.45, 7) is 4.15. The molecule has 0 aromatic heterocycles. The number of ether oxygens (including phenoxy) is 2. The molecule has 2 aromatic carbocycles. The quantitative estimate of drug-likeness (QED) is 0.770. The van der Waals surface area contributed by atoms with Gasteiger partial charge in [-0.3, -0.25) is 0 Å². The van der Waals surface area contributed by atoms with E-state index < -0.39 is 0 Å². The number of hydrogen-bond donors (Lipinski definition) is 2. The normalized spacial score (nSPS) is 10.4. The molecule has 2 N–H and O–H groups in total. The van der Waals surface area contributed by atoms with Gasteiger partial charge in [-0.15, -0.1) is 0 Å². The van der Waals surface area contributed by atoms with Crippen LogP contribution in [0, 0.1) is 13.8 Å². The van der Waals surface area contributed by atoms with Crippen molar-refractivity contribution in [1.29, 1.82) is 0 Å². The molecule has 0 atom stereocenters. The van der Waals surface area contributed by atoms with Crippen molar-refractivity contribution in [3.05, 3.63) is 57.6 Å². The number of aryl methyl sites for hydroxylation is 2. The van der Waals surface area contributed by atoms with E-state index in [-0.39, 0.29) is 18.4 Å². The molecule has 2 rings (SSSR count). The average molecular weight is 366 g/mol. The second-order valence-corrected chi connectivity index (χ2v) is 6.15. The Kier molecular flexibility index (Phi) is 6.43. The van der Waals surface area contributed by atoms with E-state index in [1.807, 2.05) is 44.2 Å². The minimum atomic E-state index is -0.103. The molecule has 0 aliphatic carbocycles. The van der Waals surface area contributed by atoms with Crippen LogP contribution in [0.15, 0.2) is 30.3 Å². The molecule has 0 radical (unpaired) electrons. The highest BCUT2D eigenvalue weighted by molar-refractivity contribution is 7.80. The van der Waals surface area contributed by atoms with Gasteiger partial charge in [0.2, 0.25) is 0 Å². The first kappa shape index (κ1) is 18.5. The van der Waals surface area contributed by atoms with E-state index in [1.54, 1.807) is 0 Å². The Labute approximate surface area is 152 Å². The molecule has 0 unspecified atom stereocenters. The number of halogens is 1. The summed E-state index contributed by atoms with van der Waals surface area (Å²) in [5.74, 6) is 0.604. The molecule has 24 heavy (non-hydrogen) atoms. The number of hydrogen-bond acceptors (Lipinski definition) is 4. The molecular weight excluding hydrogens is 346 g/mol. The summed E-state index contributed by atoms with van der Waals surface area (Å²) in [6.07, 6.45) is 0. The second-order valence-electron chi connectivity index (χ2n) is 5.37. The summed E-state index contributed by atoms with van der Waals surface area (Å²) in [5, 5.41) is 13.4. The van der Waals surface area contributed by atoms with Crippen LogP contribution < -0.4 is 10.1 Å². The standard InChI is InChI=1S/C18H20ClNO3S/c1-11-7-15(19)17(8-12(11)2)23-10-14-13(9-21)5-4-6-16(14)20-18(24)22-3/h4-8,21H,9-10H2,1-3H3,(H,20,24). The number of rotatable bonds is 5. The predicted molar refractivity (Wildman–Crippen MR) is 101 cm³/mol. The summed E-state index contributed by atoms with van der Waals surface area (Å²) >= 11 is 11.3. The molecule has 4 nitrogen and oxygen atoms in total. The number of anilines is 1. The van der Waals surface area contributed by atoms with Crippen molar-refractivity contribution in [3.8, 4) is 5.75 Å². The molecule has 0 aliphatic rings. The number of benzene rings is 2. The van der Waals surface area contributed by atoms with E-state index in [1.165, 1.54) is 7.11 Å². The second kappa shape index (κ2) is 8.33. The SMILES string of the molecule is COC(=S)Nc1cccc(CO)c1COc1cc(C)c(C)cc1Cl. The maximum absolute atomic E-state index is 9.59. The average Bonchev–Trinajstić information content (AvgIpc) is 2.57. The zero-order valence-corrected chi connectivity index (χ0v) is 15.4. The van der Waals surface area contributed by atoms with Crippen LogP contribution in [0.4, 0.5) is 5.69 Å². The molecule has 6 heteroatoms. The lowest BCUT2D eigenvalue weighted by molar-refractivity contribution is 0.270. The number of thiocarbonyl (C=S) groups is 1. The summed E-state index contributed by atoms with van der Waals surface area (Å²) < 4.78 is 10.9. The molecule has 0 bridgehead atoms. The first-order chi connectivity index (χ1) is 11.5. The van der Waals surface area contributed by atoms with Crippen molar-refractivity contribution in [2.24, 2.45) is 0 Å². The van der Waals surface area contributed by atoms with Crippen LogP contribution in [-0.2, 0) is 18.0 Å². The van der Waals surface area contributed by atoms with Crippen LogP contribution in [0.2, 0.25) is 5.02 Å². The Morgan fingerprint density at radius 1 is 1.25 bits per heavy atom. The van der Waals surface area contributed by atoms with Gasteiger partial charge in [-0.25, -0.2) is 0 Å². The highest BCUT2D eigenvalue weighted by Crippen LogP contribution is 2.30. The molecule has 0 spiro atoms. The van der Waals surface area contributed by atoms with Gasteiger partial charge < -0.3 is 19.9 Å². The third-order valence-electron chi connectivity index (χ3n) is 3.79. The summed E-state index contributed by atoms with van der Waals surface area (Å²) in [6, 6.07) is 9.31. The maximum Gasteiger partial charge on any atom is 0.260 e. The molecule has 0 aliphatic heterocycles. The van der Waals surface area contributed by atoms with Gasteiger partial charge in [0.25, 0.3) is 5.17 Å². The van der Waals surface area contributed by atoms with Crippen LogP contribution in [0.1, 0.15) is 22.3 Å². The monoisotopic (exact) mass is 365 g/mol. The third-order valence-corrected chi connectivity index (χ3v) is 4.35. The van der Waals surface area contributed by atoms with Crippen LogP contribution in [0.3, 0.4) is 0 Å². The van der Waals surface area contributed by atoms with Crippen molar-refractivity contribution in [2.45, 2.75) is 27.1 Å². The zero-order chi connectivity index (χ0) is 17.7. The predicted octanol–water partition coefficient (Wildman–Crippen LogP) is 4.37. The largest absolute Gasteiger partial charge is 0.487 e. The van der Waals surface area contributed by atoms with Gasteiger partial charge >= 0.3 is 0 Å². The molecule has 128 valence electrons. The molecule has 0 fully saturated rings. The van der Waals surface area contributed by atoms with E-state index >= 15 is 0 Å². The van der Waals surface area contributed by atoms with Gasteiger partial charge in [-0.05, 0) is 61.0 Å². The molecule has 0 amide bonds. The Morgan fingerprint density at radius 2 is 1.96 bits per heavy atom. The Morgan fingerprint density at radius 3 is 2.62 bits per heavy atom. The lowest BCUT2D eigenvalue weighted by Gasteiger charge is -2.17. The lowest BCUT2D eigenvalue weighted by atomic mass is 10.1. The van der Waals surface area contributed by atoms with E-state index in [2.05, 4.69) is 5.32 Å². The van der Waals surface area contributed by atoms with Crippen molar-refractivity contribution < 1.29 is 14.6 Å². The summed E-state index contributed by atoms with van der Waals surface area (Å²) in [7, 11) is 1.50. The van der Waals surface area contributed by atoms with Gasteiger partial charge in [0.05, 0.1) is 18.7 Å². The van der Waals surface area contributed by atoms with Crippen molar-refractivity contribution >= 4 is 34.7 Å². The summed E-state index contributed by atoms with van der Waals surface area (Å²) in [4.78, 5) is 0. The molecule has 0 saturated carbocycles. The van der Waals surface area contributed by atoms with Gasteiger partial charge in [-0.1, -0.05) is 23.7 Å². The van der Waals surface area contributed by atoms with Crippen molar-refractivity contribution in [2.75, 3.05) is 12.4 Å². The van der Waals surface area contributed by atoms with Crippen LogP contribution in [-0.4, -0.2) is 17.4 Å². The van der Waals surface area contributed by atoms with Gasteiger partial charge in [0.15, 0.2) is 0 Å². The van der Waals surface area contributed by atoms with Crippen LogP contribution in [0.5, 0.6) is 5.75 Å². The first-order valence-electron chi connectivity index (χ1n) is 7.42. The topological polar surface area (TPSA) is 50.7 Å². The fraction of sp³-hybridized carbons (Fsp3) is 0.278. The van der Waals surface area contributed by atoms with Crippen LogP contribution >= 0.6 is 23.8 Å². The Hall–Kier alpha value is -1.82. The molecule has 0 saturated heterocycles. The first-order valence-corrected chi connectivity index (χ1v) is 8.21. The highest BCUT2D eigenvalue weighted by atomic mass is 35.5. The van der Waals surface area contributed by atoms with Gasteiger partial charge in [0.1, 0.15) is 12.4 Å². The lowest BCUT2D eigenvalue weighted by Crippen LogP contribution is -2.14. The minimum absolute atomic E-state index is 0.103. The number of aliphatic hydroxyl groups excluding tert-OH is 1. The fourth-order valence-corrected chi connectivity index (χ4v) is 2.63. The molecular formula is C18H20ClNO3S. The summed E-state index contributed by atoms with van der Waals surface area (Å²) in [5.41, 5.74) is 4.49. The van der Waals surface area contributed by atoms with Crippen LogP contribution in [0.25, 0.3) is 0 Å². The van der Waals surface area contributed by atoms with E-state index in [9.17, 15) is 5.11 Å². The highest BCUT2D eigenvalue weighted by Gasteiger charge is 2.12. The van der Waals surface area contributed by atoms with E-state index in [0.29, 0.717) is 10.8 Å². The zero-order valence-electron chi connectivity index (χ0n) is 13.9. The van der Waals surface area contributed by atoms with E-state index in [4.69, 9.17) is 33.3 Å². The Balaban J connectivity index is 2.28. The number of aliphatic hydroxyl groups is 1. The van der Waals surface area contributed by atoms with Gasteiger partial charge in [-0.2, -0.15) is 0 Å². The van der Waals surface area contributed by atoms with E-state index in [0.717, 1.165) is 27.9 Å².